The normalized spacial score (nSPS) is 19.7. The zero-order chi connectivity index (χ0) is 20.3. The highest BCUT2D eigenvalue weighted by Gasteiger charge is 2.29. The largest absolute Gasteiger partial charge is 0.486 e. The molecule has 0 aliphatic carbocycles. The molecule has 2 heterocycles. The van der Waals surface area contributed by atoms with Crippen LogP contribution in [0, 0.1) is 6.92 Å². The Morgan fingerprint density at radius 2 is 2.00 bits per heavy atom. The molecule has 28 heavy (non-hydrogen) atoms. The number of carbonyl (C=O) groups excluding carboxylic acids is 1. The minimum absolute atomic E-state index is 0.169. The number of piperidine rings is 1. The number of aromatic nitrogens is 3. The van der Waals surface area contributed by atoms with Crippen LogP contribution in [0.4, 0.5) is 0 Å². The minimum atomic E-state index is 0.169. The van der Waals surface area contributed by atoms with Crippen LogP contribution in [-0.2, 0) is 18.4 Å². The standard InChI is InChI=1S/C20H27ClN4O2S/c1-13-10-16(8-9-17(13)21)27-11-18-22-23-20(24(18)4)28-12-19(26)25-14(2)6-5-7-15(25)3/h8-10,14-15H,5-7,11-12H2,1-4H3. The van der Waals surface area contributed by atoms with Crippen LogP contribution in [0.5, 0.6) is 5.75 Å². The summed E-state index contributed by atoms with van der Waals surface area (Å²) in [6.45, 7) is 6.51. The number of ether oxygens (including phenoxy) is 1. The monoisotopic (exact) mass is 422 g/mol. The summed E-state index contributed by atoms with van der Waals surface area (Å²) >= 11 is 7.47. The average Bonchev–Trinajstić information content (AvgIpc) is 3.00. The van der Waals surface area contributed by atoms with Crippen molar-refractivity contribution in [3.8, 4) is 5.75 Å². The summed E-state index contributed by atoms with van der Waals surface area (Å²) < 4.78 is 7.68. The second-order valence-corrected chi connectivity index (χ2v) is 8.73. The number of hydrogen-bond acceptors (Lipinski definition) is 5. The zero-order valence-corrected chi connectivity index (χ0v) is 18.4. The number of thioether (sulfide) groups is 1. The Hall–Kier alpha value is -1.73. The van der Waals surface area contributed by atoms with E-state index in [9.17, 15) is 4.79 Å². The molecule has 0 bridgehead atoms. The Balaban J connectivity index is 1.57. The van der Waals surface area contributed by atoms with Crippen molar-refractivity contribution in [2.24, 2.45) is 7.05 Å². The maximum Gasteiger partial charge on any atom is 0.233 e. The summed E-state index contributed by atoms with van der Waals surface area (Å²) in [5, 5.41) is 9.86. The molecule has 6 nitrogen and oxygen atoms in total. The maximum absolute atomic E-state index is 12.7. The van der Waals surface area contributed by atoms with Crippen LogP contribution in [0.1, 0.15) is 44.5 Å². The zero-order valence-electron chi connectivity index (χ0n) is 16.8. The van der Waals surface area contributed by atoms with E-state index in [0.717, 1.165) is 29.3 Å². The fourth-order valence-electron chi connectivity index (χ4n) is 3.57. The number of benzene rings is 1. The second kappa shape index (κ2) is 9.18. The lowest BCUT2D eigenvalue weighted by Crippen LogP contribution is -2.48. The van der Waals surface area contributed by atoms with Crippen LogP contribution in [0.2, 0.25) is 5.02 Å². The highest BCUT2D eigenvalue weighted by atomic mass is 35.5. The van der Waals surface area contributed by atoms with Crippen LogP contribution in [0.15, 0.2) is 23.4 Å². The maximum atomic E-state index is 12.7. The molecule has 1 aromatic carbocycles. The number of rotatable bonds is 6. The molecule has 1 aliphatic heterocycles. The molecule has 3 rings (SSSR count). The Kier molecular flexibility index (Phi) is 6.88. The molecule has 0 saturated carbocycles. The van der Waals surface area contributed by atoms with Gasteiger partial charge >= 0.3 is 0 Å². The Morgan fingerprint density at radius 3 is 2.68 bits per heavy atom. The van der Waals surface area contributed by atoms with Gasteiger partial charge in [-0.05, 0) is 63.8 Å². The topological polar surface area (TPSA) is 60.3 Å². The summed E-state index contributed by atoms with van der Waals surface area (Å²) in [5.74, 6) is 1.99. The predicted octanol–water partition coefficient (Wildman–Crippen LogP) is 4.24. The number of hydrogen-bond donors (Lipinski definition) is 0. The van der Waals surface area contributed by atoms with Crippen molar-refractivity contribution in [3.05, 3.63) is 34.6 Å². The van der Waals surface area contributed by atoms with Gasteiger partial charge in [-0.2, -0.15) is 0 Å². The van der Waals surface area contributed by atoms with Crippen molar-refractivity contribution < 1.29 is 9.53 Å². The number of aryl methyl sites for hydroxylation is 1. The van der Waals surface area contributed by atoms with Crippen molar-refractivity contribution in [3.63, 3.8) is 0 Å². The molecule has 0 radical (unpaired) electrons. The molecule has 1 fully saturated rings. The summed E-state index contributed by atoms with van der Waals surface area (Å²) in [5.41, 5.74) is 0.966. The van der Waals surface area contributed by atoms with Crippen molar-refractivity contribution in [2.75, 3.05) is 5.75 Å². The Morgan fingerprint density at radius 1 is 1.29 bits per heavy atom. The summed E-state index contributed by atoms with van der Waals surface area (Å²) in [6, 6.07) is 6.17. The summed E-state index contributed by atoms with van der Waals surface area (Å²) in [4.78, 5) is 14.7. The third-order valence-corrected chi connectivity index (χ3v) is 6.66. The fraction of sp³-hybridized carbons (Fsp3) is 0.550. The molecule has 0 spiro atoms. The lowest BCUT2D eigenvalue weighted by Gasteiger charge is -2.39. The van der Waals surface area contributed by atoms with E-state index < -0.39 is 0 Å². The number of amides is 1. The van der Waals surface area contributed by atoms with E-state index in [1.807, 2.05) is 41.6 Å². The minimum Gasteiger partial charge on any atom is -0.486 e. The van der Waals surface area contributed by atoms with E-state index in [2.05, 4.69) is 24.0 Å². The van der Waals surface area contributed by atoms with Crippen molar-refractivity contribution in [1.82, 2.24) is 19.7 Å². The van der Waals surface area contributed by atoms with Crippen LogP contribution in [0.25, 0.3) is 0 Å². The van der Waals surface area contributed by atoms with Gasteiger partial charge in [0.1, 0.15) is 12.4 Å². The first-order valence-electron chi connectivity index (χ1n) is 9.58. The molecule has 1 aliphatic rings. The van der Waals surface area contributed by atoms with Crippen molar-refractivity contribution in [2.45, 2.75) is 63.9 Å². The van der Waals surface area contributed by atoms with Gasteiger partial charge in [0.15, 0.2) is 11.0 Å². The third kappa shape index (κ3) is 4.81. The van der Waals surface area contributed by atoms with Gasteiger partial charge in [-0.15, -0.1) is 10.2 Å². The van der Waals surface area contributed by atoms with Gasteiger partial charge in [-0.3, -0.25) is 4.79 Å². The van der Waals surface area contributed by atoms with Gasteiger partial charge in [0.05, 0.1) is 5.75 Å². The fourth-order valence-corrected chi connectivity index (χ4v) is 4.48. The molecule has 1 saturated heterocycles. The SMILES string of the molecule is Cc1cc(OCc2nnc(SCC(=O)N3C(C)CCCC3C)n2C)ccc1Cl. The number of carbonyl (C=O) groups is 1. The molecule has 152 valence electrons. The summed E-state index contributed by atoms with van der Waals surface area (Å²) in [6.07, 6.45) is 3.35. The van der Waals surface area contributed by atoms with E-state index in [1.54, 1.807) is 0 Å². The number of halogens is 1. The van der Waals surface area contributed by atoms with Crippen LogP contribution >= 0.6 is 23.4 Å². The third-order valence-electron chi connectivity index (χ3n) is 5.23. The van der Waals surface area contributed by atoms with Gasteiger partial charge < -0.3 is 14.2 Å². The molecule has 2 aromatic rings. The van der Waals surface area contributed by atoms with Crippen molar-refractivity contribution >= 4 is 29.3 Å². The first-order chi connectivity index (χ1) is 13.4. The van der Waals surface area contributed by atoms with E-state index in [1.165, 1.54) is 18.2 Å². The van der Waals surface area contributed by atoms with E-state index in [4.69, 9.17) is 16.3 Å². The molecule has 8 heteroatoms. The van der Waals surface area contributed by atoms with Crippen molar-refractivity contribution in [1.29, 1.82) is 0 Å². The lowest BCUT2D eigenvalue weighted by atomic mass is 9.98. The Labute approximate surface area is 175 Å². The molecule has 0 N–H and O–H groups in total. The average molecular weight is 423 g/mol. The van der Waals surface area contributed by atoms with Gasteiger partial charge in [0.2, 0.25) is 5.91 Å². The predicted molar refractivity (Wildman–Crippen MR) is 112 cm³/mol. The molecule has 2 unspecified atom stereocenters. The quantitative estimate of drug-likeness (QED) is 0.651. The number of likely N-dealkylation sites (tertiary alicyclic amines) is 1. The highest BCUT2D eigenvalue weighted by molar-refractivity contribution is 7.99. The van der Waals surface area contributed by atoms with E-state index in [-0.39, 0.29) is 5.91 Å². The van der Waals surface area contributed by atoms with E-state index >= 15 is 0 Å². The van der Waals surface area contributed by atoms with E-state index in [0.29, 0.717) is 35.3 Å². The number of nitrogens with zero attached hydrogens (tertiary/aromatic N) is 4. The van der Waals surface area contributed by atoms with Gasteiger partial charge in [0, 0.05) is 24.2 Å². The van der Waals surface area contributed by atoms with Crippen LogP contribution < -0.4 is 4.74 Å². The van der Waals surface area contributed by atoms with Gasteiger partial charge in [-0.25, -0.2) is 0 Å². The highest BCUT2D eigenvalue weighted by Crippen LogP contribution is 2.25. The summed E-state index contributed by atoms with van der Waals surface area (Å²) in [7, 11) is 1.89. The van der Waals surface area contributed by atoms with Crippen LogP contribution in [0.3, 0.4) is 0 Å². The second-order valence-electron chi connectivity index (χ2n) is 7.38. The first-order valence-corrected chi connectivity index (χ1v) is 10.9. The molecular formula is C20H27ClN4O2S. The first kappa shape index (κ1) is 21.0. The smallest absolute Gasteiger partial charge is 0.233 e. The van der Waals surface area contributed by atoms with Crippen LogP contribution in [-0.4, -0.2) is 43.4 Å². The molecule has 2 atom stereocenters. The molecular weight excluding hydrogens is 396 g/mol. The molecule has 1 amide bonds. The van der Waals surface area contributed by atoms with Gasteiger partial charge in [-0.1, -0.05) is 23.4 Å². The molecule has 1 aromatic heterocycles. The lowest BCUT2D eigenvalue weighted by molar-refractivity contribution is -0.134. The Bertz CT molecular complexity index is 832. The van der Waals surface area contributed by atoms with Gasteiger partial charge in [0.25, 0.3) is 0 Å².